The molecule has 0 amide bonds. The lowest BCUT2D eigenvalue weighted by atomic mass is 10.1. The first kappa shape index (κ1) is 21.0. The number of rotatable bonds is 7. The summed E-state index contributed by atoms with van der Waals surface area (Å²) in [6.45, 7) is 1.25. The minimum absolute atomic E-state index is 0.512. The molecule has 0 bridgehead atoms. The third kappa shape index (κ3) is 4.66. The maximum atomic E-state index is 6.56. The van der Waals surface area contributed by atoms with E-state index in [0.717, 1.165) is 22.9 Å². The molecule has 0 aliphatic heterocycles. The van der Waals surface area contributed by atoms with E-state index in [-0.39, 0.29) is 0 Å². The molecule has 0 saturated heterocycles. The molecule has 33 heavy (non-hydrogen) atoms. The number of fused-ring (bicyclic) bond motifs is 1. The molecule has 3 aromatic carbocycles. The number of hydrogen-bond donors (Lipinski definition) is 2. The number of aromatic nitrogens is 4. The fourth-order valence-electron chi connectivity index (χ4n) is 3.82. The van der Waals surface area contributed by atoms with Gasteiger partial charge in [0.15, 0.2) is 5.65 Å². The summed E-state index contributed by atoms with van der Waals surface area (Å²) in [5.41, 5.74) is 11.0. The Morgan fingerprint density at radius 1 is 0.848 bits per heavy atom. The van der Waals surface area contributed by atoms with Crippen molar-refractivity contribution in [2.45, 2.75) is 13.0 Å². The van der Waals surface area contributed by atoms with E-state index in [1.807, 2.05) is 72.8 Å². The van der Waals surface area contributed by atoms with E-state index in [1.165, 1.54) is 5.56 Å². The number of nitrogen functional groups attached to an aromatic ring is 1. The van der Waals surface area contributed by atoms with Crippen molar-refractivity contribution in [3.8, 4) is 11.3 Å². The number of nitrogens with two attached hydrogens (primary N) is 1. The molecule has 0 atom stereocenters. The molecule has 0 fully saturated rings. The van der Waals surface area contributed by atoms with Gasteiger partial charge in [0.1, 0.15) is 5.82 Å². The summed E-state index contributed by atoms with van der Waals surface area (Å²) in [6.07, 6.45) is 0.860. The Morgan fingerprint density at radius 3 is 2.30 bits per heavy atom. The Balaban J connectivity index is 1.53. The van der Waals surface area contributed by atoms with Crippen LogP contribution in [-0.2, 0) is 13.0 Å². The Kier molecular flexibility index (Phi) is 5.91. The maximum absolute atomic E-state index is 6.56. The molecule has 0 spiro atoms. The molecule has 0 saturated carbocycles. The van der Waals surface area contributed by atoms with Crippen molar-refractivity contribution in [1.29, 1.82) is 0 Å². The lowest BCUT2D eigenvalue weighted by Gasteiger charge is -2.09. The van der Waals surface area contributed by atoms with Crippen LogP contribution in [0.25, 0.3) is 22.3 Å². The molecule has 5 rings (SSSR count). The average molecular weight is 455 g/mol. The first-order chi connectivity index (χ1) is 16.2. The number of halogens is 1. The summed E-state index contributed by atoms with van der Waals surface area (Å²) >= 11 is 6.28. The van der Waals surface area contributed by atoms with Gasteiger partial charge < -0.3 is 11.1 Å². The predicted octanol–water partition coefficient (Wildman–Crippen LogP) is 5.43. The number of benzene rings is 3. The summed E-state index contributed by atoms with van der Waals surface area (Å²) < 4.78 is 1.77. The lowest BCUT2D eigenvalue weighted by Crippen LogP contribution is -2.08. The molecule has 6 nitrogen and oxygen atoms in total. The molecule has 0 radical (unpaired) electrons. The third-order valence-electron chi connectivity index (χ3n) is 5.45. The van der Waals surface area contributed by atoms with Crippen molar-refractivity contribution >= 4 is 34.4 Å². The van der Waals surface area contributed by atoms with Crippen molar-refractivity contribution < 1.29 is 0 Å². The first-order valence-electron chi connectivity index (χ1n) is 10.8. The molecule has 2 heterocycles. The van der Waals surface area contributed by atoms with Gasteiger partial charge in [-0.1, -0.05) is 84.4 Å². The SMILES string of the molecule is Nc1c2c(-c3cccc(Cl)c3)nc(NCCc3ccccc3)nc2nn1Cc1ccccc1. The predicted molar refractivity (Wildman–Crippen MR) is 134 cm³/mol. The van der Waals surface area contributed by atoms with Crippen LogP contribution in [-0.4, -0.2) is 26.3 Å². The van der Waals surface area contributed by atoms with Crippen LogP contribution in [0.15, 0.2) is 84.9 Å². The van der Waals surface area contributed by atoms with Crippen molar-refractivity contribution in [2.24, 2.45) is 0 Å². The summed E-state index contributed by atoms with van der Waals surface area (Å²) in [4.78, 5) is 9.48. The van der Waals surface area contributed by atoms with Gasteiger partial charge in [0.05, 0.1) is 17.6 Å². The second kappa shape index (κ2) is 9.30. The largest absolute Gasteiger partial charge is 0.383 e. The molecule has 0 aliphatic rings. The fourth-order valence-corrected chi connectivity index (χ4v) is 4.01. The van der Waals surface area contributed by atoms with Crippen LogP contribution in [0.5, 0.6) is 0 Å². The summed E-state index contributed by atoms with van der Waals surface area (Å²) in [5.74, 6) is 1.04. The van der Waals surface area contributed by atoms with Crippen molar-refractivity contribution in [3.63, 3.8) is 0 Å². The van der Waals surface area contributed by atoms with E-state index < -0.39 is 0 Å². The van der Waals surface area contributed by atoms with Gasteiger partial charge in [0.2, 0.25) is 5.95 Å². The second-order valence-electron chi connectivity index (χ2n) is 7.80. The first-order valence-corrected chi connectivity index (χ1v) is 11.2. The quantitative estimate of drug-likeness (QED) is 0.342. The van der Waals surface area contributed by atoms with Crippen LogP contribution in [0.4, 0.5) is 11.8 Å². The van der Waals surface area contributed by atoms with Crippen molar-refractivity contribution in [3.05, 3.63) is 101 Å². The number of nitrogens with zero attached hydrogens (tertiary/aromatic N) is 4. The number of nitrogens with one attached hydrogen (secondary N) is 1. The molecule has 5 aromatic rings. The van der Waals surface area contributed by atoms with Crippen LogP contribution in [0.2, 0.25) is 5.02 Å². The van der Waals surface area contributed by atoms with Gasteiger partial charge in [0.25, 0.3) is 0 Å². The Hall–Kier alpha value is -3.90. The summed E-state index contributed by atoms with van der Waals surface area (Å²) in [5, 5.41) is 9.41. The zero-order valence-electron chi connectivity index (χ0n) is 17.9. The number of hydrogen-bond acceptors (Lipinski definition) is 5. The molecular formula is C26H23ClN6. The fraction of sp³-hybridized carbons (Fsp3) is 0.115. The minimum Gasteiger partial charge on any atom is -0.383 e. The van der Waals surface area contributed by atoms with E-state index in [4.69, 9.17) is 27.4 Å². The van der Waals surface area contributed by atoms with Crippen LogP contribution < -0.4 is 11.1 Å². The highest BCUT2D eigenvalue weighted by Gasteiger charge is 2.18. The normalized spacial score (nSPS) is 11.1. The second-order valence-corrected chi connectivity index (χ2v) is 8.23. The van der Waals surface area contributed by atoms with Gasteiger partial charge in [-0.2, -0.15) is 4.98 Å². The van der Waals surface area contributed by atoms with Gasteiger partial charge in [-0.3, -0.25) is 0 Å². The van der Waals surface area contributed by atoms with Gasteiger partial charge in [-0.15, -0.1) is 5.10 Å². The molecule has 0 aliphatic carbocycles. The van der Waals surface area contributed by atoms with Crippen LogP contribution in [0.3, 0.4) is 0 Å². The number of anilines is 2. The van der Waals surface area contributed by atoms with E-state index in [0.29, 0.717) is 41.2 Å². The molecule has 0 unspecified atom stereocenters. The third-order valence-corrected chi connectivity index (χ3v) is 5.69. The Bertz CT molecular complexity index is 1380. The highest BCUT2D eigenvalue weighted by Crippen LogP contribution is 2.32. The molecule has 3 N–H and O–H groups in total. The van der Waals surface area contributed by atoms with Crippen LogP contribution >= 0.6 is 11.6 Å². The van der Waals surface area contributed by atoms with Crippen molar-refractivity contribution in [1.82, 2.24) is 19.7 Å². The Labute approximate surface area is 197 Å². The highest BCUT2D eigenvalue weighted by molar-refractivity contribution is 6.30. The van der Waals surface area contributed by atoms with Crippen LogP contribution in [0.1, 0.15) is 11.1 Å². The monoisotopic (exact) mass is 454 g/mol. The van der Waals surface area contributed by atoms with E-state index >= 15 is 0 Å². The standard InChI is InChI=1S/C26H23ClN6/c27-21-13-7-12-20(16-21)23-22-24(28)33(17-19-10-5-2-6-11-19)32-25(22)31-26(30-23)29-15-14-18-8-3-1-4-9-18/h1-13,16H,14-15,17,28H2,(H,29,31,32). The summed E-state index contributed by atoms with van der Waals surface area (Å²) in [6, 6.07) is 28.0. The lowest BCUT2D eigenvalue weighted by molar-refractivity contribution is 0.703. The molecular weight excluding hydrogens is 432 g/mol. The van der Waals surface area contributed by atoms with E-state index in [2.05, 4.69) is 22.4 Å². The molecule has 164 valence electrons. The molecule has 7 heteroatoms. The van der Waals surface area contributed by atoms with Crippen LogP contribution in [0, 0.1) is 0 Å². The van der Waals surface area contributed by atoms with Gasteiger partial charge >= 0.3 is 0 Å². The maximum Gasteiger partial charge on any atom is 0.225 e. The van der Waals surface area contributed by atoms with E-state index in [9.17, 15) is 0 Å². The minimum atomic E-state index is 0.512. The zero-order chi connectivity index (χ0) is 22.6. The van der Waals surface area contributed by atoms with Gasteiger partial charge in [0, 0.05) is 17.1 Å². The van der Waals surface area contributed by atoms with Gasteiger partial charge in [-0.05, 0) is 29.7 Å². The topological polar surface area (TPSA) is 81.7 Å². The average Bonchev–Trinajstić information content (AvgIpc) is 3.15. The zero-order valence-corrected chi connectivity index (χ0v) is 18.7. The summed E-state index contributed by atoms with van der Waals surface area (Å²) in [7, 11) is 0. The highest BCUT2D eigenvalue weighted by atomic mass is 35.5. The van der Waals surface area contributed by atoms with E-state index in [1.54, 1.807) is 4.68 Å². The molecule has 2 aromatic heterocycles. The smallest absolute Gasteiger partial charge is 0.225 e. The van der Waals surface area contributed by atoms with Gasteiger partial charge in [-0.25, -0.2) is 9.67 Å². The van der Waals surface area contributed by atoms with Crippen molar-refractivity contribution in [2.75, 3.05) is 17.6 Å². The Morgan fingerprint density at radius 2 is 1.58 bits per heavy atom.